The molecular weight excluding hydrogens is 294 g/mol. The van der Waals surface area contributed by atoms with Gasteiger partial charge in [0.1, 0.15) is 5.69 Å². The minimum atomic E-state index is -3.68. The van der Waals surface area contributed by atoms with Gasteiger partial charge in [0.15, 0.2) is 0 Å². The predicted octanol–water partition coefficient (Wildman–Crippen LogP) is 1.89. The van der Waals surface area contributed by atoms with E-state index in [1.165, 1.54) is 6.07 Å². The summed E-state index contributed by atoms with van der Waals surface area (Å²) in [6.45, 7) is 2.55. The number of nitro benzene ring substituents is 1. The van der Waals surface area contributed by atoms with E-state index < -0.39 is 14.9 Å². The van der Waals surface area contributed by atoms with Crippen LogP contribution in [0.25, 0.3) is 0 Å². The number of nitrogens with two attached hydrogens (primary N) is 1. The zero-order valence-corrected chi connectivity index (χ0v) is 12.6. The van der Waals surface area contributed by atoms with Gasteiger partial charge in [-0.3, -0.25) is 10.1 Å². The molecule has 2 rings (SSSR count). The van der Waals surface area contributed by atoms with Crippen molar-refractivity contribution in [3.63, 3.8) is 0 Å². The minimum Gasteiger partial charge on any atom is -0.393 e. The van der Waals surface area contributed by atoms with E-state index in [9.17, 15) is 18.5 Å². The Kier molecular flexibility index (Phi) is 4.48. The molecule has 1 saturated carbocycles. The molecule has 8 heteroatoms. The van der Waals surface area contributed by atoms with Gasteiger partial charge in [0.25, 0.3) is 5.69 Å². The molecule has 3 N–H and O–H groups in total. The Balaban J connectivity index is 2.09. The van der Waals surface area contributed by atoms with Gasteiger partial charge in [-0.15, -0.1) is 0 Å². The smallest absolute Gasteiger partial charge is 0.292 e. The monoisotopic (exact) mass is 313 g/mol. The summed E-state index contributed by atoms with van der Waals surface area (Å²) in [4.78, 5) is 9.99. The summed E-state index contributed by atoms with van der Waals surface area (Å²) < 4.78 is 26.9. The fourth-order valence-corrected chi connectivity index (χ4v) is 3.84. The average Bonchev–Trinajstić information content (AvgIpc) is 2.82. The van der Waals surface area contributed by atoms with Gasteiger partial charge in [0, 0.05) is 12.6 Å². The second-order valence-corrected chi connectivity index (χ2v) is 7.38. The highest BCUT2D eigenvalue weighted by Crippen LogP contribution is 2.30. The Labute approximate surface area is 123 Å². The lowest BCUT2D eigenvalue weighted by atomic mass is 10.1. The third-order valence-corrected chi connectivity index (χ3v) is 5.29. The third-order valence-electron chi connectivity index (χ3n) is 3.87. The van der Waals surface area contributed by atoms with Crippen LogP contribution in [0.5, 0.6) is 0 Å². The molecule has 2 unspecified atom stereocenters. The number of nitro groups is 1. The molecule has 0 radical (unpaired) electrons. The molecule has 0 amide bonds. The van der Waals surface area contributed by atoms with Crippen LogP contribution in [0.3, 0.4) is 0 Å². The Morgan fingerprint density at radius 3 is 2.67 bits per heavy atom. The normalized spacial score (nSPS) is 22.3. The van der Waals surface area contributed by atoms with Crippen molar-refractivity contribution in [2.45, 2.75) is 31.1 Å². The summed E-state index contributed by atoms with van der Waals surface area (Å²) in [6, 6.07) is 3.44. The number of benzene rings is 1. The van der Waals surface area contributed by atoms with Gasteiger partial charge in [-0.2, -0.15) is 0 Å². The minimum absolute atomic E-state index is 0.0448. The summed E-state index contributed by atoms with van der Waals surface area (Å²) in [6.07, 6.45) is 3.16. The fraction of sp³-hybridized carbons (Fsp3) is 0.538. The number of rotatable bonds is 5. The molecule has 0 heterocycles. The van der Waals surface area contributed by atoms with Crippen LogP contribution in [0.15, 0.2) is 23.1 Å². The predicted molar refractivity (Wildman–Crippen MR) is 79.2 cm³/mol. The van der Waals surface area contributed by atoms with Crippen molar-refractivity contribution in [1.82, 2.24) is 4.72 Å². The number of nitrogen functional groups attached to an aromatic ring is 1. The first-order valence-electron chi connectivity index (χ1n) is 6.83. The molecule has 0 bridgehead atoms. The molecular formula is C13H19N3O4S. The van der Waals surface area contributed by atoms with Crippen LogP contribution in [0.4, 0.5) is 11.4 Å². The zero-order valence-electron chi connectivity index (χ0n) is 11.8. The number of sulfonamides is 1. The molecule has 21 heavy (non-hydrogen) atoms. The van der Waals surface area contributed by atoms with Crippen molar-refractivity contribution >= 4 is 21.4 Å². The Morgan fingerprint density at radius 2 is 2.14 bits per heavy atom. The van der Waals surface area contributed by atoms with Crippen molar-refractivity contribution in [1.29, 1.82) is 0 Å². The van der Waals surface area contributed by atoms with Crippen molar-refractivity contribution in [2.75, 3.05) is 12.3 Å². The number of nitrogens with one attached hydrogen (secondary N) is 1. The van der Waals surface area contributed by atoms with E-state index in [-0.39, 0.29) is 16.3 Å². The number of nitrogens with zero attached hydrogens (tertiary/aromatic N) is 1. The SMILES string of the molecule is CC1CCC(CNS(=O)(=O)c2ccc([N+](=O)[O-])c(N)c2)C1. The summed E-state index contributed by atoms with van der Waals surface area (Å²) in [5.41, 5.74) is 5.07. The molecule has 1 fully saturated rings. The van der Waals surface area contributed by atoms with E-state index in [0.29, 0.717) is 18.4 Å². The van der Waals surface area contributed by atoms with Crippen molar-refractivity contribution < 1.29 is 13.3 Å². The lowest BCUT2D eigenvalue weighted by Gasteiger charge is -2.12. The molecule has 1 aromatic carbocycles. The Bertz CT molecular complexity index is 645. The van der Waals surface area contributed by atoms with Crippen molar-refractivity contribution in [3.05, 3.63) is 28.3 Å². The summed E-state index contributed by atoms with van der Waals surface area (Å²) in [5.74, 6) is 0.986. The highest BCUT2D eigenvalue weighted by atomic mass is 32.2. The molecule has 7 nitrogen and oxygen atoms in total. The number of hydrogen-bond donors (Lipinski definition) is 2. The van der Waals surface area contributed by atoms with E-state index in [0.717, 1.165) is 31.4 Å². The molecule has 1 aromatic rings. The van der Waals surface area contributed by atoms with Gasteiger partial charge in [-0.25, -0.2) is 13.1 Å². The van der Waals surface area contributed by atoms with E-state index in [1.807, 2.05) is 0 Å². The van der Waals surface area contributed by atoms with Crippen molar-refractivity contribution in [3.8, 4) is 0 Å². The lowest BCUT2D eigenvalue weighted by molar-refractivity contribution is -0.383. The number of anilines is 1. The number of hydrogen-bond acceptors (Lipinski definition) is 5. The first-order chi connectivity index (χ1) is 9.79. The van der Waals surface area contributed by atoms with Crippen LogP contribution >= 0.6 is 0 Å². The van der Waals surface area contributed by atoms with Gasteiger partial charge in [-0.05, 0) is 36.8 Å². The molecule has 2 atom stereocenters. The molecule has 0 saturated heterocycles. The quantitative estimate of drug-likeness (QED) is 0.489. The van der Waals surface area contributed by atoms with Crippen LogP contribution in [0, 0.1) is 22.0 Å². The molecule has 116 valence electrons. The van der Waals surface area contributed by atoms with Gasteiger partial charge >= 0.3 is 0 Å². The summed E-state index contributed by atoms with van der Waals surface area (Å²) in [7, 11) is -3.68. The first-order valence-corrected chi connectivity index (χ1v) is 8.31. The van der Waals surface area contributed by atoms with Crippen LogP contribution in [-0.4, -0.2) is 19.9 Å². The van der Waals surface area contributed by atoms with Crippen LogP contribution in [-0.2, 0) is 10.0 Å². The lowest BCUT2D eigenvalue weighted by Crippen LogP contribution is -2.28. The zero-order chi connectivity index (χ0) is 15.6. The average molecular weight is 313 g/mol. The largest absolute Gasteiger partial charge is 0.393 e. The molecule has 0 aromatic heterocycles. The van der Waals surface area contributed by atoms with Crippen LogP contribution < -0.4 is 10.5 Å². The highest BCUT2D eigenvalue weighted by Gasteiger charge is 2.24. The van der Waals surface area contributed by atoms with Gasteiger partial charge in [0.05, 0.1) is 9.82 Å². The second-order valence-electron chi connectivity index (χ2n) is 5.61. The van der Waals surface area contributed by atoms with Crippen molar-refractivity contribution in [2.24, 2.45) is 11.8 Å². The van der Waals surface area contributed by atoms with E-state index in [4.69, 9.17) is 5.73 Å². The van der Waals surface area contributed by atoms with Gasteiger partial charge in [-0.1, -0.05) is 13.3 Å². The molecule has 1 aliphatic rings. The molecule has 1 aliphatic carbocycles. The standard InChI is InChI=1S/C13H19N3O4S/c1-9-2-3-10(6-9)8-15-21(19,20)11-4-5-13(16(17)18)12(14)7-11/h4-5,7,9-10,15H,2-3,6,8,14H2,1H3. The summed E-state index contributed by atoms with van der Waals surface area (Å²) >= 11 is 0. The van der Waals surface area contributed by atoms with Crippen LogP contribution in [0.1, 0.15) is 26.2 Å². The molecule has 0 spiro atoms. The maximum Gasteiger partial charge on any atom is 0.292 e. The first kappa shape index (κ1) is 15.7. The fourth-order valence-electron chi connectivity index (χ4n) is 2.69. The van der Waals surface area contributed by atoms with Crippen LogP contribution in [0.2, 0.25) is 0 Å². The Hall–Kier alpha value is -1.67. The highest BCUT2D eigenvalue weighted by molar-refractivity contribution is 7.89. The maximum absolute atomic E-state index is 12.2. The maximum atomic E-state index is 12.2. The second kappa shape index (κ2) is 5.98. The molecule has 0 aliphatic heterocycles. The summed E-state index contributed by atoms with van der Waals surface area (Å²) in [5, 5.41) is 10.7. The topological polar surface area (TPSA) is 115 Å². The van der Waals surface area contributed by atoms with Gasteiger partial charge < -0.3 is 5.73 Å². The van der Waals surface area contributed by atoms with E-state index in [2.05, 4.69) is 11.6 Å². The van der Waals surface area contributed by atoms with Gasteiger partial charge in [0.2, 0.25) is 10.0 Å². The third kappa shape index (κ3) is 3.70. The van der Waals surface area contributed by atoms with E-state index in [1.54, 1.807) is 0 Å². The Morgan fingerprint density at radius 1 is 1.43 bits per heavy atom. The van der Waals surface area contributed by atoms with E-state index >= 15 is 0 Å².